The molecule has 17 heavy (non-hydrogen) atoms. The number of hydrogen-bond acceptors (Lipinski definition) is 2. The van der Waals surface area contributed by atoms with Crippen LogP contribution >= 0.6 is 0 Å². The van der Waals surface area contributed by atoms with Crippen LogP contribution < -0.4 is 5.32 Å². The summed E-state index contributed by atoms with van der Waals surface area (Å²) >= 11 is 0. The van der Waals surface area contributed by atoms with Crippen molar-refractivity contribution in [2.24, 2.45) is 0 Å². The summed E-state index contributed by atoms with van der Waals surface area (Å²) in [6.07, 6.45) is 5.69. The molecule has 1 aliphatic rings. The number of ketones is 1. The van der Waals surface area contributed by atoms with E-state index < -0.39 is 0 Å². The lowest BCUT2D eigenvalue weighted by atomic mass is 9.94. The first-order valence-electron chi connectivity index (χ1n) is 6.23. The van der Waals surface area contributed by atoms with E-state index in [1.165, 1.54) is 11.1 Å². The predicted octanol–water partition coefficient (Wildman–Crippen LogP) is 3.74. The first-order valence-corrected chi connectivity index (χ1v) is 6.23. The smallest absolute Gasteiger partial charge is 0.160 e. The molecule has 0 aromatic heterocycles. The highest BCUT2D eigenvalue weighted by Gasteiger charge is 2.14. The third kappa shape index (κ3) is 2.96. The van der Waals surface area contributed by atoms with Crippen LogP contribution in [0, 0.1) is 13.8 Å². The summed E-state index contributed by atoms with van der Waals surface area (Å²) in [5.74, 6) is 0.300. The van der Waals surface area contributed by atoms with Crippen molar-refractivity contribution in [1.29, 1.82) is 0 Å². The van der Waals surface area contributed by atoms with Crippen molar-refractivity contribution in [3.8, 4) is 0 Å². The average molecular weight is 229 g/mol. The van der Waals surface area contributed by atoms with Gasteiger partial charge in [0.15, 0.2) is 5.78 Å². The minimum absolute atomic E-state index is 0.300. The zero-order valence-corrected chi connectivity index (χ0v) is 10.5. The molecule has 0 bridgehead atoms. The van der Waals surface area contributed by atoms with Gasteiger partial charge in [0.2, 0.25) is 0 Å². The van der Waals surface area contributed by atoms with Gasteiger partial charge in [-0.1, -0.05) is 12.1 Å². The van der Waals surface area contributed by atoms with Crippen LogP contribution in [-0.4, -0.2) is 5.78 Å². The quantitative estimate of drug-likeness (QED) is 0.783. The monoisotopic (exact) mass is 229 g/mol. The molecule has 0 heterocycles. The van der Waals surface area contributed by atoms with Gasteiger partial charge >= 0.3 is 0 Å². The van der Waals surface area contributed by atoms with Gasteiger partial charge in [0.05, 0.1) is 0 Å². The summed E-state index contributed by atoms with van der Waals surface area (Å²) in [5.41, 5.74) is 4.47. The number of anilines is 1. The standard InChI is InChI=1S/C15H19NO/c1-11-7-8-12(2)14(9-11)16-10-13-5-3-4-6-15(13)17/h7-10,16H,3-6H2,1-2H3/b13-10-. The van der Waals surface area contributed by atoms with E-state index in [4.69, 9.17) is 0 Å². The molecule has 0 unspecified atom stereocenters. The van der Waals surface area contributed by atoms with Gasteiger partial charge in [-0.2, -0.15) is 0 Å². The van der Waals surface area contributed by atoms with Gasteiger partial charge in [-0.3, -0.25) is 4.79 Å². The fourth-order valence-electron chi connectivity index (χ4n) is 2.11. The molecule has 0 aliphatic heterocycles. The van der Waals surface area contributed by atoms with Crippen molar-refractivity contribution >= 4 is 11.5 Å². The molecule has 0 atom stereocenters. The van der Waals surface area contributed by atoms with Crippen LogP contribution in [0.3, 0.4) is 0 Å². The molecule has 1 fully saturated rings. The molecule has 0 amide bonds. The number of nitrogens with one attached hydrogen (secondary N) is 1. The highest BCUT2D eigenvalue weighted by atomic mass is 16.1. The Morgan fingerprint density at radius 3 is 2.71 bits per heavy atom. The van der Waals surface area contributed by atoms with E-state index in [-0.39, 0.29) is 0 Å². The van der Waals surface area contributed by atoms with Gasteiger partial charge in [0, 0.05) is 23.9 Å². The largest absolute Gasteiger partial charge is 0.361 e. The van der Waals surface area contributed by atoms with Crippen LogP contribution in [0.25, 0.3) is 0 Å². The number of rotatable bonds is 2. The predicted molar refractivity (Wildman–Crippen MR) is 71.1 cm³/mol. The molecule has 0 radical (unpaired) electrons. The second-order valence-corrected chi connectivity index (χ2v) is 4.76. The summed E-state index contributed by atoms with van der Waals surface area (Å²) in [5, 5.41) is 3.27. The Labute approximate surface area is 103 Å². The molecule has 1 saturated carbocycles. The van der Waals surface area contributed by atoms with Crippen LogP contribution in [0.1, 0.15) is 36.8 Å². The number of carbonyl (C=O) groups excluding carboxylic acids is 1. The van der Waals surface area contributed by atoms with Gasteiger partial charge in [-0.05, 0) is 50.3 Å². The molecule has 90 valence electrons. The zero-order valence-electron chi connectivity index (χ0n) is 10.5. The van der Waals surface area contributed by atoms with E-state index >= 15 is 0 Å². The summed E-state index contributed by atoms with van der Waals surface area (Å²) in [6, 6.07) is 6.30. The number of benzene rings is 1. The van der Waals surface area contributed by atoms with Gasteiger partial charge < -0.3 is 5.32 Å². The minimum atomic E-state index is 0.300. The Morgan fingerprint density at radius 1 is 1.18 bits per heavy atom. The lowest BCUT2D eigenvalue weighted by Crippen LogP contribution is -2.10. The zero-order chi connectivity index (χ0) is 12.3. The van der Waals surface area contributed by atoms with Crippen molar-refractivity contribution in [1.82, 2.24) is 0 Å². The third-order valence-electron chi connectivity index (χ3n) is 3.25. The van der Waals surface area contributed by atoms with Gasteiger partial charge in [-0.25, -0.2) is 0 Å². The number of allylic oxidation sites excluding steroid dienone is 1. The number of hydrogen-bond donors (Lipinski definition) is 1. The third-order valence-corrected chi connectivity index (χ3v) is 3.25. The molecular formula is C15H19NO. The van der Waals surface area contributed by atoms with E-state index in [2.05, 4.69) is 37.4 Å². The van der Waals surface area contributed by atoms with Crippen LogP contribution in [-0.2, 0) is 4.79 Å². The van der Waals surface area contributed by atoms with Gasteiger partial charge in [-0.15, -0.1) is 0 Å². The molecular weight excluding hydrogens is 210 g/mol. The number of carbonyl (C=O) groups is 1. The highest BCUT2D eigenvalue weighted by Crippen LogP contribution is 2.21. The Morgan fingerprint density at radius 2 is 1.94 bits per heavy atom. The molecule has 1 aliphatic carbocycles. The van der Waals surface area contributed by atoms with Crippen LogP contribution in [0.15, 0.2) is 30.0 Å². The Hall–Kier alpha value is -1.57. The Kier molecular flexibility index (Phi) is 3.62. The molecule has 1 aromatic carbocycles. The van der Waals surface area contributed by atoms with E-state index in [9.17, 15) is 4.79 Å². The number of aryl methyl sites for hydroxylation is 2. The lowest BCUT2D eigenvalue weighted by Gasteiger charge is -2.13. The maximum Gasteiger partial charge on any atom is 0.160 e. The average Bonchev–Trinajstić information content (AvgIpc) is 2.32. The Balaban J connectivity index is 2.13. The second kappa shape index (κ2) is 5.17. The Bertz CT molecular complexity index is 460. The van der Waals surface area contributed by atoms with Crippen molar-refractivity contribution in [2.75, 3.05) is 5.32 Å². The molecule has 0 saturated heterocycles. The van der Waals surface area contributed by atoms with Gasteiger partial charge in [0.25, 0.3) is 0 Å². The van der Waals surface area contributed by atoms with E-state index in [1.807, 2.05) is 6.20 Å². The molecule has 1 aromatic rings. The van der Waals surface area contributed by atoms with E-state index in [0.29, 0.717) is 12.2 Å². The normalized spacial score (nSPS) is 18.5. The first-order chi connectivity index (χ1) is 8.16. The molecule has 2 nitrogen and oxygen atoms in total. The summed E-state index contributed by atoms with van der Waals surface area (Å²) in [6.45, 7) is 4.15. The SMILES string of the molecule is Cc1ccc(C)c(N/C=C2/CCCCC2=O)c1. The summed E-state index contributed by atoms with van der Waals surface area (Å²) in [4.78, 5) is 11.7. The second-order valence-electron chi connectivity index (χ2n) is 4.76. The maximum atomic E-state index is 11.7. The van der Waals surface area contributed by atoms with Crippen molar-refractivity contribution in [3.05, 3.63) is 41.1 Å². The van der Waals surface area contributed by atoms with Crippen LogP contribution in [0.4, 0.5) is 5.69 Å². The molecule has 1 N–H and O–H groups in total. The minimum Gasteiger partial charge on any atom is -0.361 e. The summed E-state index contributed by atoms with van der Waals surface area (Å²) < 4.78 is 0. The van der Waals surface area contributed by atoms with E-state index in [0.717, 1.165) is 30.5 Å². The fourth-order valence-corrected chi connectivity index (χ4v) is 2.11. The lowest BCUT2D eigenvalue weighted by molar-refractivity contribution is -0.116. The maximum absolute atomic E-state index is 11.7. The van der Waals surface area contributed by atoms with Crippen LogP contribution in [0.5, 0.6) is 0 Å². The number of Topliss-reactive ketones (excluding diaryl/α,β-unsaturated/α-hetero) is 1. The fraction of sp³-hybridized carbons (Fsp3) is 0.400. The highest BCUT2D eigenvalue weighted by molar-refractivity contribution is 5.96. The van der Waals surface area contributed by atoms with Crippen LogP contribution in [0.2, 0.25) is 0 Å². The van der Waals surface area contributed by atoms with Crippen molar-refractivity contribution in [2.45, 2.75) is 39.5 Å². The van der Waals surface area contributed by atoms with Crippen molar-refractivity contribution < 1.29 is 4.79 Å². The summed E-state index contributed by atoms with van der Waals surface area (Å²) in [7, 11) is 0. The topological polar surface area (TPSA) is 29.1 Å². The molecule has 2 rings (SSSR count). The molecule has 0 spiro atoms. The first kappa shape index (κ1) is 11.9. The molecule has 2 heteroatoms. The van der Waals surface area contributed by atoms with Crippen molar-refractivity contribution in [3.63, 3.8) is 0 Å². The van der Waals surface area contributed by atoms with Gasteiger partial charge in [0.1, 0.15) is 0 Å². The van der Waals surface area contributed by atoms with E-state index in [1.54, 1.807) is 0 Å².